The lowest BCUT2D eigenvalue weighted by Crippen LogP contribution is -1.99. The highest BCUT2D eigenvalue weighted by Crippen LogP contribution is 2.21. The number of halogens is 1. The molecule has 0 bridgehead atoms. The van der Waals surface area contributed by atoms with Gasteiger partial charge in [0.25, 0.3) is 0 Å². The average molecular weight is 252 g/mol. The second kappa shape index (κ2) is 4.67. The summed E-state index contributed by atoms with van der Waals surface area (Å²) in [6.07, 6.45) is 0. The lowest BCUT2D eigenvalue weighted by Gasteiger charge is -2.05. The fraction of sp³-hybridized carbons (Fsp3) is 0.250. The van der Waals surface area contributed by atoms with Crippen LogP contribution < -0.4 is 10.5 Å². The molecule has 0 amide bonds. The highest BCUT2D eigenvalue weighted by molar-refractivity contribution is 6.31. The summed E-state index contributed by atoms with van der Waals surface area (Å²) in [6.45, 7) is 2.33. The van der Waals surface area contributed by atoms with Crippen LogP contribution in [0.25, 0.3) is 0 Å². The topological polar surface area (TPSA) is 53.1 Å². The fourth-order valence-electron chi connectivity index (χ4n) is 1.48. The molecule has 2 rings (SSSR count). The molecule has 0 aliphatic carbocycles. The van der Waals surface area contributed by atoms with E-state index in [-0.39, 0.29) is 0 Å². The van der Waals surface area contributed by atoms with Crippen molar-refractivity contribution in [1.82, 2.24) is 9.78 Å². The number of aromatic nitrogens is 2. The number of anilines is 1. The molecule has 0 aliphatic heterocycles. The van der Waals surface area contributed by atoms with E-state index in [0.29, 0.717) is 12.4 Å². The van der Waals surface area contributed by atoms with Gasteiger partial charge in [-0.1, -0.05) is 11.6 Å². The van der Waals surface area contributed by atoms with Crippen LogP contribution in [0.5, 0.6) is 5.75 Å². The predicted octanol–water partition coefficient (Wildman–Crippen LogP) is 2.54. The van der Waals surface area contributed by atoms with Crippen LogP contribution in [0.15, 0.2) is 24.3 Å². The van der Waals surface area contributed by atoms with Gasteiger partial charge in [0.2, 0.25) is 0 Å². The minimum atomic E-state index is 0.395. The molecule has 1 aromatic heterocycles. The quantitative estimate of drug-likeness (QED) is 0.912. The van der Waals surface area contributed by atoms with Crippen LogP contribution in [-0.4, -0.2) is 9.78 Å². The summed E-state index contributed by atoms with van der Waals surface area (Å²) in [6, 6.07) is 7.35. The number of hydrogen-bond donors (Lipinski definition) is 1. The Labute approximate surface area is 105 Å². The molecular formula is C12H14ClN3O. The third-order valence-corrected chi connectivity index (χ3v) is 2.91. The van der Waals surface area contributed by atoms with Crippen molar-refractivity contribution >= 4 is 17.4 Å². The van der Waals surface area contributed by atoms with Gasteiger partial charge in [-0.3, -0.25) is 4.68 Å². The molecule has 90 valence electrons. The maximum atomic E-state index is 5.93. The largest absolute Gasteiger partial charge is 0.487 e. The van der Waals surface area contributed by atoms with Gasteiger partial charge < -0.3 is 10.5 Å². The van der Waals surface area contributed by atoms with E-state index >= 15 is 0 Å². The summed E-state index contributed by atoms with van der Waals surface area (Å²) in [5, 5.41) is 4.94. The summed E-state index contributed by atoms with van der Waals surface area (Å²) >= 11 is 5.93. The molecule has 0 atom stereocenters. The monoisotopic (exact) mass is 251 g/mol. The van der Waals surface area contributed by atoms with E-state index in [0.717, 1.165) is 22.0 Å². The summed E-state index contributed by atoms with van der Waals surface area (Å²) in [5.41, 5.74) is 7.47. The maximum absolute atomic E-state index is 5.93. The standard InChI is InChI=1S/C12H14ClN3O/c1-8-5-10(3-4-11(8)13)17-7-9-6-12(14)16(2)15-9/h3-6H,7,14H2,1-2H3. The normalized spacial score (nSPS) is 10.5. The smallest absolute Gasteiger partial charge is 0.132 e. The molecule has 1 heterocycles. The Bertz CT molecular complexity index is 517. The van der Waals surface area contributed by atoms with E-state index in [1.165, 1.54) is 0 Å². The summed E-state index contributed by atoms with van der Waals surface area (Å²) < 4.78 is 7.22. The number of hydrogen-bond acceptors (Lipinski definition) is 3. The van der Waals surface area contributed by atoms with Crippen molar-refractivity contribution in [2.45, 2.75) is 13.5 Å². The minimum Gasteiger partial charge on any atom is -0.487 e. The van der Waals surface area contributed by atoms with E-state index < -0.39 is 0 Å². The molecule has 17 heavy (non-hydrogen) atoms. The van der Waals surface area contributed by atoms with Gasteiger partial charge in [-0.2, -0.15) is 5.10 Å². The Morgan fingerprint density at radius 1 is 1.41 bits per heavy atom. The molecule has 0 unspecified atom stereocenters. The first-order chi connectivity index (χ1) is 8.06. The Hall–Kier alpha value is -1.68. The lowest BCUT2D eigenvalue weighted by molar-refractivity contribution is 0.300. The van der Waals surface area contributed by atoms with Crippen LogP contribution in [0, 0.1) is 6.92 Å². The molecule has 5 heteroatoms. The zero-order valence-electron chi connectivity index (χ0n) is 9.77. The highest BCUT2D eigenvalue weighted by atomic mass is 35.5. The SMILES string of the molecule is Cc1cc(OCc2cc(N)n(C)n2)ccc1Cl. The number of nitrogens with two attached hydrogens (primary N) is 1. The number of rotatable bonds is 3. The van der Waals surface area contributed by atoms with Crippen molar-refractivity contribution in [3.05, 3.63) is 40.5 Å². The number of ether oxygens (including phenoxy) is 1. The number of aryl methyl sites for hydroxylation is 2. The Kier molecular flexibility index (Phi) is 3.24. The summed E-state index contributed by atoms with van der Waals surface area (Å²) in [4.78, 5) is 0. The van der Waals surface area contributed by atoms with Crippen LogP contribution in [0.3, 0.4) is 0 Å². The average Bonchev–Trinajstić information content (AvgIpc) is 2.60. The van der Waals surface area contributed by atoms with Crippen molar-refractivity contribution in [1.29, 1.82) is 0 Å². The predicted molar refractivity (Wildman–Crippen MR) is 68.1 cm³/mol. The van der Waals surface area contributed by atoms with Gasteiger partial charge in [0.15, 0.2) is 0 Å². The van der Waals surface area contributed by atoms with E-state index in [1.54, 1.807) is 17.8 Å². The van der Waals surface area contributed by atoms with Crippen LogP contribution in [0.1, 0.15) is 11.3 Å². The van der Waals surface area contributed by atoms with Gasteiger partial charge >= 0.3 is 0 Å². The van der Waals surface area contributed by atoms with Crippen molar-refractivity contribution in [3.8, 4) is 5.75 Å². The first-order valence-electron chi connectivity index (χ1n) is 5.23. The molecule has 2 aromatic rings. The number of nitrogens with zero attached hydrogens (tertiary/aromatic N) is 2. The number of nitrogen functional groups attached to an aromatic ring is 1. The molecule has 2 N–H and O–H groups in total. The minimum absolute atomic E-state index is 0.395. The number of benzene rings is 1. The van der Waals surface area contributed by atoms with Gasteiger partial charge in [-0.25, -0.2) is 0 Å². The fourth-order valence-corrected chi connectivity index (χ4v) is 1.60. The van der Waals surface area contributed by atoms with E-state index in [1.807, 2.05) is 25.1 Å². The van der Waals surface area contributed by atoms with Gasteiger partial charge in [-0.05, 0) is 30.7 Å². The highest BCUT2D eigenvalue weighted by Gasteiger charge is 2.03. The van der Waals surface area contributed by atoms with E-state index in [4.69, 9.17) is 22.1 Å². The molecule has 0 fully saturated rings. The molecule has 0 radical (unpaired) electrons. The van der Waals surface area contributed by atoms with E-state index in [2.05, 4.69) is 5.10 Å². The second-order valence-corrected chi connectivity index (χ2v) is 4.29. The van der Waals surface area contributed by atoms with Crippen molar-refractivity contribution in [2.24, 2.45) is 7.05 Å². The summed E-state index contributed by atoms with van der Waals surface area (Å²) in [5.74, 6) is 1.40. The van der Waals surface area contributed by atoms with Crippen molar-refractivity contribution in [3.63, 3.8) is 0 Å². The zero-order chi connectivity index (χ0) is 12.4. The molecule has 1 aromatic carbocycles. The molecule has 0 saturated heterocycles. The Morgan fingerprint density at radius 3 is 2.76 bits per heavy atom. The maximum Gasteiger partial charge on any atom is 0.132 e. The molecule has 0 aliphatic rings. The molecule has 4 nitrogen and oxygen atoms in total. The van der Waals surface area contributed by atoms with Crippen molar-refractivity contribution in [2.75, 3.05) is 5.73 Å². The van der Waals surface area contributed by atoms with Gasteiger partial charge in [0.1, 0.15) is 23.9 Å². The van der Waals surface area contributed by atoms with Gasteiger partial charge in [0.05, 0.1) is 0 Å². The first kappa shape index (κ1) is 11.8. The zero-order valence-corrected chi connectivity index (χ0v) is 10.5. The Morgan fingerprint density at radius 2 is 2.18 bits per heavy atom. The van der Waals surface area contributed by atoms with Crippen molar-refractivity contribution < 1.29 is 4.74 Å². The molecule has 0 saturated carbocycles. The molecular weight excluding hydrogens is 238 g/mol. The second-order valence-electron chi connectivity index (χ2n) is 3.88. The first-order valence-corrected chi connectivity index (χ1v) is 5.61. The van der Waals surface area contributed by atoms with Gasteiger partial charge in [0, 0.05) is 18.1 Å². The van der Waals surface area contributed by atoms with Crippen LogP contribution in [0.2, 0.25) is 5.02 Å². The van der Waals surface area contributed by atoms with Gasteiger partial charge in [-0.15, -0.1) is 0 Å². The Balaban J connectivity index is 2.04. The lowest BCUT2D eigenvalue weighted by atomic mass is 10.2. The van der Waals surface area contributed by atoms with Crippen LogP contribution in [0.4, 0.5) is 5.82 Å². The summed E-state index contributed by atoms with van der Waals surface area (Å²) in [7, 11) is 1.80. The third-order valence-electron chi connectivity index (χ3n) is 2.48. The third kappa shape index (κ3) is 2.71. The molecule has 0 spiro atoms. The van der Waals surface area contributed by atoms with Crippen LogP contribution >= 0.6 is 11.6 Å². The van der Waals surface area contributed by atoms with Crippen LogP contribution in [-0.2, 0) is 13.7 Å². The van der Waals surface area contributed by atoms with E-state index in [9.17, 15) is 0 Å².